The Morgan fingerprint density at radius 1 is 1.39 bits per heavy atom. The highest BCUT2D eigenvalue weighted by Crippen LogP contribution is 2.32. The topological polar surface area (TPSA) is 48.1 Å². The molecule has 1 aliphatic heterocycles. The van der Waals surface area contributed by atoms with E-state index in [0.717, 1.165) is 24.0 Å². The molecular formula is C15H18N2O. The normalized spacial score (nSPS) is 25.4. The highest BCUT2D eigenvalue weighted by molar-refractivity contribution is 5.85. The fraction of sp³-hybridized carbons (Fsp3) is 0.400. The van der Waals surface area contributed by atoms with Crippen LogP contribution in [0.3, 0.4) is 0 Å². The van der Waals surface area contributed by atoms with Gasteiger partial charge in [-0.05, 0) is 29.4 Å². The molecule has 94 valence electrons. The summed E-state index contributed by atoms with van der Waals surface area (Å²) in [6, 6.07) is 8.17. The number of benzene rings is 1. The van der Waals surface area contributed by atoms with Crippen molar-refractivity contribution in [2.45, 2.75) is 25.5 Å². The standard InChI is InChI=1S/C15H18N2O/c1-10-6-8-18-15(10)14(16)12-4-2-3-11-5-7-17-9-13(11)12/h2-5,7,9-10,14-15H,6,8,16H2,1H3. The van der Waals surface area contributed by atoms with Gasteiger partial charge in [0.05, 0.1) is 12.1 Å². The number of hydrogen-bond donors (Lipinski definition) is 1. The van der Waals surface area contributed by atoms with Crippen LogP contribution in [0.1, 0.15) is 24.9 Å². The minimum atomic E-state index is -0.0737. The lowest BCUT2D eigenvalue weighted by atomic mass is 9.91. The summed E-state index contributed by atoms with van der Waals surface area (Å²) in [5, 5.41) is 2.32. The molecule has 3 unspecified atom stereocenters. The molecule has 1 saturated heterocycles. The van der Waals surface area contributed by atoms with Gasteiger partial charge >= 0.3 is 0 Å². The third-order valence-electron chi connectivity index (χ3n) is 3.87. The highest BCUT2D eigenvalue weighted by atomic mass is 16.5. The van der Waals surface area contributed by atoms with Crippen molar-refractivity contribution in [2.75, 3.05) is 6.61 Å². The monoisotopic (exact) mass is 242 g/mol. The van der Waals surface area contributed by atoms with Crippen molar-refractivity contribution in [3.05, 3.63) is 42.2 Å². The van der Waals surface area contributed by atoms with Crippen LogP contribution < -0.4 is 5.73 Å². The van der Waals surface area contributed by atoms with Crippen LogP contribution in [0.4, 0.5) is 0 Å². The molecule has 0 aliphatic carbocycles. The first-order valence-corrected chi connectivity index (χ1v) is 6.47. The van der Waals surface area contributed by atoms with Crippen LogP contribution in [0.2, 0.25) is 0 Å². The van der Waals surface area contributed by atoms with E-state index in [1.807, 2.05) is 18.5 Å². The molecule has 2 aromatic rings. The van der Waals surface area contributed by atoms with Crippen LogP contribution in [-0.2, 0) is 4.74 Å². The summed E-state index contributed by atoms with van der Waals surface area (Å²) in [6.07, 6.45) is 4.92. The van der Waals surface area contributed by atoms with E-state index in [4.69, 9.17) is 10.5 Å². The van der Waals surface area contributed by atoms with Crippen LogP contribution in [-0.4, -0.2) is 17.7 Å². The molecule has 0 radical (unpaired) electrons. The van der Waals surface area contributed by atoms with Gasteiger partial charge in [-0.2, -0.15) is 0 Å². The van der Waals surface area contributed by atoms with Crippen molar-refractivity contribution in [1.29, 1.82) is 0 Å². The smallest absolute Gasteiger partial charge is 0.0794 e. The summed E-state index contributed by atoms with van der Waals surface area (Å²) < 4.78 is 5.78. The van der Waals surface area contributed by atoms with Crippen molar-refractivity contribution in [3.8, 4) is 0 Å². The zero-order valence-electron chi connectivity index (χ0n) is 10.5. The summed E-state index contributed by atoms with van der Waals surface area (Å²) in [5.41, 5.74) is 7.54. The fourth-order valence-electron chi connectivity index (χ4n) is 2.78. The zero-order valence-corrected chi connectivity index (χ0v) is 10.5. The van der Waals surface area contributed by atoms with E-state index in [2.05, 4.69) is 30.1 Å². The van der Waals surface area contributed by atoms with Gasteiger partial charge in [0.15, 0.2) is 0 Å². The Hall–Kier alpha value is -1.45. The molecule has 2 heterocycles. The van der Waals surface area contributed by atoms with E-state index in [1.165, 1.54) is 5.39 Å². The molecule has 3 heteroatoms. The molecule has 1 aromatic heterocycles. The van der Waals surface area contributed by atoms with Crippen LogP contribution in [0.15, 0.2) is 36.7 Å². The Kier molecular flexibility index (Phi) is 3.02. The van der Waals surface area contributed by atoms with Gasteiger partial charge in [0, 0.05) is 24.4 Å². The molecule has 0 saturated carbocycles. The van der Waals surface area contributed by atoms with Crippen molar-refractivity contribution >= 4 is 10.8 Å². The number of pyridine rings is 1. The van der Waals surface area contributed by atoms with Crippen LogP contribution in [0.25, 0.3) is 10.8 Å². The van der Waals surface area contributed by atoms with Gasteiger partial charge in [-0.15, -0.1) is 0 Å². The van der Waals surface area contributed by atoms with E-state index >= 15 is 0 Å². The third kappa shape index (κ3) is 1.89. The number of hydrogen-bond acceptors (Lipinski definition) is 3. The maximum absolute atomic E-state index is 6.40. The van der Waals surface area contributed by atoms with Gasteiger partial charge in [-0.1, -0.05) is 25.1 Å². The fourth-order valence-corrected chi connectivity index (χ4v) is 2.78. The molecule has 18 heavy (non-hydrogen) atoms. The van der Waals surface area contributed by atoms with E-state index in [-0.39, 0.29) is 12.1 Å². The largest absolute Gasteiger partial charge is 0.376 e. The number of aromatic nitrogens is 1. The molecular weight excluding hydrogens is 224 g/mol. The first-order valence-electron chi connectivity index (χ1n) is 6.47. The summed E-state index contributed by atoms with van der Waals surface area (Å²) in [4.78, 5) is 4.21. The predicted octanol–water partition coefficient (Wildman–Crippen LogP) is 2.66. The van der Waals surface area contributed by atoms with Crippen molar-refractivity contribution in [2.24, 2.45) is 11.7 Å². The SMILES string of the molecule is CC1CCOC1C(N)c1cccc2ccncc12. The Labute approximate surface area is 107 Å². The Balaban J connectivity index is 2.03. The van der Waals surface area contributed by atoms with Crippen LogP contribution in [0.5, 0.6) is 0 Å². The van der Waals surface area contributed by atoms with Gasteiger partial charge in [0.1, 0.15) is 0 Å². The Bertz CT molecular complexity index is 550. The minimum Gasteiger partial charge on any atom is -0.376 e. The van der Waals surface area contributed by atoms with Crippen molar-refractivity contribution in [1.82, 2.24) is 4.98 Å². The lowest BCUT2D eigenvalue weighted by Crippen LogP contribution is -2.30. The van der Waals surface area contributed by atoms with Crippen molar-refractivity contribution in [3.63, 3.8) is 0 Å². The average Bonchev–Trinajstić information content (AvgIpc) is 2.83. The van der Waals surface area contributed by atoms with Gasteiger partial charge < -0.3 is 10.5 Å². The molecule has 0 amide bonds. The number of nitrogens with zero attached hydrogens (tertiary/aromatic N) is 1. The van der Waals surface area contributed by atoms with Crippen LogP contribution in [0, 0.1) is 5.92 Å². The quantitative estimate of drug-likeness (QED) is 0.880. The molecule has 0 bridgehead atoms. The van der Waals surface area contributed by atoms with E-state index in [1.54, 1.807) is 0 Å². The first-order chi connectivity index (χ1) is 8.77. The van der Waals surface area contributed by atoms with Gasteiger partial charge in [-0.25, -0.2) is 0 Å². The minimum absolute atomic E-state index is 0.0737. The molecule has 2 N–H and O–H groups in total. The maximum Gasteiger partial charge on any atom is 0.0794 e. The third-order valence-corrected chi connectivity index (χ3v) is 3.87. The van der Waals surface area contributed by atoms with Gasteiger partial charge in [-0.3, -0.25) is 4.98 Å². The second-order valence-electron chi connectivity index (χ2n) is 5.07. The Morgan fingerprint density at radius 3 is 3.06 bits per heavy atom. The van der Waals surface area contributed by atoms with E-state index in [0.29, 0.717) is 5.92 Å². The summed E-state index contributed by atoms with van der Waals surface area (Å²) in [6.45, 7) is 3.03. The lowest BCUT2D eigenvalue weighted by Gasteiger charge is -2.23. The molecule has 0 spiro atoms. The molecule has 3 rings (SSSR count). The summed E-state index contributed by atoms with van der Waals surface area (Å²) in [5.74, 6) is 0.520. The number of ether oxygens (including phenoxy) is 1. The van der Waals surface area contributed by atoms with Gasteiger partial charge in [0.25, 0.3) is 0 Å². The predicted molar refractivity (Wildman–Crippen MR) is 72.2 cm³/mol. The molecule has 3 nitrogen and oxygen atoms in total. The second kappa shape index (κ2) is 4.67. The average molecular weight is 242 g/mol. The van der Waals surface area contributed by atoms with Crippen molar-refractivity contribution < 1.29 is 4.74 Å². The summed E-state index contributed by atoms with van der Waals surface area (Å²) in [7, 11) is 0. The molecule has 3 atom stereocenters. The molecule has 1 fully saturated rings. The maximum atomic E-state index is 6.40. The van der Waals surface area contributed by atoms with E-state index in [9.17, 15) is 0 Å². The Morgan fingerprint density at radius 2 is 2.28 bits per heavy atom. The zero-order chi connectivity index (χ0) is 12.5. The summed E-state index contributed by atoms with van der Waals surface area (Å²) >= 11 is 0. The highest BCUT2D eigenvalue weighted by Gasteiger charge is 2.31. The first kappa shape index (κ1) is 11.6. The number of rotatable bonds is 2. The lowest BCUT2D eigenvalue weighted by molar-refractivity contribution is 0.0728. The number of nitrogens with two attached hydrogens (primary N) is 1. The van der Waals surface area contributed by atoms with Crippen LogP contribution >= 0.6 is 0 Å². The second-order valence-corrected chi connectivity index (χ2v) is 5.07. The van der Waals surface area contributed by atoms with Gasteiger partial charge in [0.2, 0.25) is 0 Å². The molecule has 1 aromatic carbocycles. The molecule has 1 aliphatic rings. The van der Waals surface area contributed by atoms with E-state index < -0.39 is 0 Å². The number of fused-ring (bicyclic) bond motifs is 1.